The van der Waals surface area contributed by atoms with E-state index >= 15 is 0 Å². The number of esters is 1. The van der Waals surface area contributed by atoms with Crippen LogP contribution in [0, 0.1) is 20.8 Å². The molecule has 0 aliphatic rings. The van der Waals surface area contributed by atoms with Crippen LogP contribution in [0.3, 0.4) is 0 Å². The smallest absolute Gasteiger partial charge is 0.342 e. The Morgan fingerprint density at radius 2 is 1.55 bits per heavy atom. The van der Waals surface area contributed by atoms with Crippen LogP contribution in [0.15, 0.2) is 42.5 Å². The predicted octanol–water partition coefficient (Wildman–Crippen LogP) is 4.36. The Kier molecular flexibility index (Phi) is 5.46. The first kappa shape index (κ1) is 20.2. The minimum Gasteiger partial charge on any atom is -0.507 e. The fourth-order valence-electron chi connectivity index (χ4n) is 3.38. The lowest BCUT2D eigenvalue weighted by Crippen LogP contribution is -2.30. The highest BCUT2D eigenvalue weighted by Crippen LogP contribution is 2.35. The summed E-state index contributed by atoms with van der Waals surface area (Å²) in [6.45, 7) is 7.20. The van der Waals surface area contributed by atoms with Gasteiger partial charge in [-0.1, -0.05) is 42.0 Å². The molecule has 0 aliphatic heterocycles. The highest BCUT2D eigenvalue weighted by molar-refractivity contribution is 6.05. The van der Waals surface area contributed by atoms with Crippen molar-refractivity contribution in [3.63, 3.8) is 0 Å². The Bertz CT molecular complexity index is 1100. The van der Waals surface area contributed by atoms with Crippen molar-refractivity contribution in [2.45, 2.75) is 33.8 Å². The standard InChI is InChI=1S/C23H23NO5/c1-12-9-13(2)20(14(3)10-12)24-22(27)15(4)29-23(28)18-11-19(25)16-7-5-6-8-17(16)21(18)26/h5-11,15,25-26H,1-4H3,(H,24,27)/t15-/m0/s1. The van der Waals surface area contributed by atoms with Crippen LogP contribution >= 0.6 is 0 Å². The van der Waals surface area contributed by atoms with Crippen LogP contribution in [0.5, 0.6) is 11.5 Å². The van der Waals surface area contributed by atoms with Crippen LogP contribution in [0.2, 0.25) is 0 Å². The van der Waals surface area contributed by atoms with Gasteiger partial charge in [0.1, 0.15) is 17.1 Å². The topological polar surface area (TPSA) is 95.9 Å². The summed E-state index contributed by atoms with van der Waals surface area (Å²) in [6, 6.07) is 11.6. The number of aryl methyl sites for hydroxylation is 3. The SMILES string of the molecule is Cc1cc(C)c(NC(=O)[C@H](C)OC(=O)c2cc(O)c3ccccc3c2O)c(C)c1. The normalized spacial score (nSPS) is 11.9. The number of nitrogens with one attached hydrogen (secondary N) is 1. The summed E-state index contributed by atoms with van der Waals surface area (Å²) in [5.74, 6) is -1.85. The van der Waals surface area contributed by atoms with E-state index in [1.165, 1.54) is 6.92 Å². The van der Waals surface area contributed by atoms with E-state index < -0.39 is 18.0 Å². The van der Waals surface area contributed by atoms with Gasteiger partial charge in [0.2, 0.25) is 0 Å². The first-order chi connectivity index (χ1) is 13.7. The number of aromatic hydroxyl groups is 2. The van der Waals surface area contributed by atoms with Crippen molar-refractivity contribution in [2.75, 3.05) is 5.32 Å². The average Bonchev–Trinajstić information content (AvgIpc) is 2.67. The van der Waals surface area contributed by atoms with Gasteiger partial charge >= 0.3 is 5.97 Å². The predicted molar refractivity (Wildman–Crippen MR) is 111 cm³/mol. The Morgan fingerprint density at radius 3 is 2.17 bits per heavy atom. The second kappa shape index (κ2) is 7.83. The molecule has 0 fully saturated rings. The first-order valence-corrected chi connectivity index (χ1v) is 9.22. The van der Waals surface area contributed by atoms with E-state index in [4.69, 9.17) is 4.74 Å². The zero-order chi connectivity index (χ0) is 21.3. The second-order valence-corrected chi connectivity index (χ2v) is 7.15. The van der Waals surface area contributed by atoms with E-state index in [1.807, 2.05) is 32.9 Å². The highest BCUT2D eigenvalue weighted by Gasteiger charge is 2.24. The quantitative estimate of drug-likeness (QED) is 0.452. The van der Waals surface area contributed by atoms with Gasteiger partial charge in [-0.25, -0.2) is 4.79 Å². The number of amides is 1. The molecule has 3 N–H and O–H groups in total. The van der Waals surface area contributed by atoms with E-state index in [2.05, 4.69) is 5.32 Å². The van der Waals surface area contributed by atoms with Gasteiger partial charge in [-0.2, -0.15) is 0 Å². The Morgan fingerprint density at radius 1 is 0.966 bits per heavy atom. The zero-order valence-electron chi connectivity index (χ0n) is 16.7. The maximum Gasteiger partial charge on any atom is 0.342 e. The van der Waals surface area contributed by atoms with Gasteiger partial charge in [0.15, 0.2) is 6.10 Å². The second-order valence-electron chi connectivity index (χ2n) is 7.15. The van der Waals surface area contributed by atoms with Crippen molar-refractivity contribution in [2.24, 2.45) is 0 Å². The Balaban J connectivity index is 1.80. The maximum absolute atomic E-state index is 12.5. The molecule has 0 aliphatic carbocycles. The fraction of sp³-hybridized carbons (Fsp3) is 0.217. The molecule has 0 bridgehead atoms. The van der Waals surface area contributed by atoms with E-state index in [-0.39, 0.29) is 17.1 Å². The molecule has 150 valence electrons. The summed E-state index contributed by atoms with van der Waals surface area (Å²) < 4.78 is 5.24. The first-order valence-electron chi connectivity index (χ1n) is 9.22. The summed E-state index contributed by atoms with van der Waals surface area (Å²) >= 11 is 0. The molecule has 3 aromatic rings. The molecule has 0 heterocycles. The molecule has 1 amide bonds. The number of hydrogen-bond acceptors (Lipinski definition) is 5. The Hall–Kier alpha value is -3.54. The van der Waals surface area contributed by atoms with E-state index in [0.717, 1.165) is 22.8 Å². The third kappa shape index (κ3) is 4.01. The molecule has 0 saturated carbocycles. The molecule has 3 rings (SSSR count). The molecular weight excluding hydrogens is 370 g/mol. The molecule has 1 atom stereocenters. The largest absolute Gasteiger partial charge is 0.507 e. The van der Waals surface area contributed by atoms with Crippen molar-refractivity contribution < 1.29 is 24.5 Å². The maximum atomic E-state index is 12.5. The lowest BCUT2D eigenvalue weighted by Gasteiger charge is -2.17. The van der Waals surface area contributed by atoms with Crippen LogP contribution in [-0.4, -0.2) is 28.2 Å². The number of anilines is 1. The van der Waals surface area contributed by atoms with Gasteiger partial charge in [-0.05, 0) is 44.9 Å². The van der Waals surface area contributed by atoms with Crippen molar-refractivity contribution >= 4 is 28.3 Å². The monoisotopic (exact) mass is 393 g/mol. The minimum absolute atomic E-state index is 0.159. The molecule has 3 aromatic carbocycles. The molecule has 6 nitrogen and oxygen atoms in total. The summed E-state index contributed by atoms with van der Waals surface area (Å²) in [5.41, 5.74) is 3.38. The number of carbonyl (C=O) groups excluding carboxylic acids is 2. The molecule has 29 heavy (non-hydrogen) atoms. The van der Waals surface area contributed by atoms with Gasteiger partial charge in [-0.3, -0.25) is 4.79 Å². The van der Waals surface area contributed by atoms with Gasteiger partial charge in [0, 0.05) is 16.5 Å². The molecule has 0 spiro atoms. The summed E-state index contributed by atoms with van der Waals surface area (Å²) in [6.07, 6.45) is -1.10. The van der Waals surface area contributed by atoms with E-state index in [0.29, 0.717) is 16.5 Å². The van der Waals surface area contributed by atoms with Gasteiger partial charge in [-0.15, -0.1) is 0 Å². The zero-order valence-corrected chi connectivity index (χ0v) is 16.7. The van der Waals surface area contributed by atoms with Gasteiger partial charge in [0.25, 0.3) is 5.91 Å². The number of hydrogen-bond donors (Lipinski definition) is 3. The summed E-state index contributed by atoms with van der Waals surface area (Å²) in [4.78, 5) is 25.1. The molecule has 0 radical (unpaired) electrons. The number of carbonyl (C=O) groups is 2. The molecule has 0 aromatic heterocycles. The number of fused-ring (bicyclic) bond motifs is 1. The highest BCUT2D eigenvalue weighted by atomic mass is 16.5. The third-order valence-corrected chi connectivity index (χ3v) is 4.79. The lowest BCUT2D eigenvalue weighted by atomic mass is 10.0. The van der Waals surface area contributed by atoms with Crippen molar-refractivity contribution in [1.82, 2.24) is 0 Å². The number of phenolic OH excluding ortho intramolecular Hbond substituents is 2. The number of rotatable bonds is 4. The fourth-order valence-corrected chi connectivity index (χ4v) is 3.38. The Labute approximate surface area is 168 Å². The minimum atomic E-state index is -1.10. The van der Waals surface area contributed by atoms with Gasteiger partial charge < -0.3 is 20.3 Å². The van der Waals surface area contributed by atoms with E-state index in [9.17, 15) is 19.8 Å². The number of phenols is 2. The van der Waals surface area contributed by atoms with Crippen LogP contribution in [0.1, 0.15) is 34.0 Å². The number of benzene rings is 3. The molecule has 0 unspecified atom stereocenters. The number of ether oxygens (including phenoxy) is 1. The van der Waals surface area contributed by atoms with Crippen LogP contribution in [0.4, 0.5) is 5.69 Å². The summed E-state index contributed by atoms with van der Waals surface area (Å²) in [5, 5.41) is 24.1. The van der Waals surface area contributed by atoms with Crippen LogP contribution in [0.25, 0.3) is 10.8 Å². The van der Waals surface area contributed by atoms with Crippen molar-refractivity contribution in [3.05, 3.63) is 64.7 Å². The third-order valence-electron chi connectivity index (χ3n) is 4.79. The molecule has 0 saturated heterocycles. The van der Waals surface area contributed by atoms with Gasteiger partial charge in [0.05, 0.1) is 0 Å². The van der Waals surface area contributed by atoms with E-state index in [1.54, 1.807) is 24.3 Å². The van der Waals surface area contributed by atoms with Crippen molar-refractivity contribution in [3.8, 4) is 11.5 Å². The van der Waals surface area contributed by atoms with Crippen molar-refractivity contribution in [1.29, 1.82) is 0 Å². The summed E-state index contributed by atoms with van der Waals surface area (Å²) in [7, 11) is 0. The van der Waals surface area contributed by atoms with Crippen LogP contribution < -0.4 is 5.32 Å². The molecule has 6 heteroatoms. The van der Waals surface area contributed by atoms with Crippen LogP contribution in [-0.2, 0) is 9.53 Å². The molecular formula is C23H23NO5. The average molecular weight is 393 g/mol. The lowest BCUT2D eigenvalue weighted by molar-refractivity contribution is -0.123.